The minimum atomic E-state index is 0.314. The van der Waals surface area contributed by atoms with E-state index in [2.05, 4.69) is 103 Å². The summed E-state index contributed by atoms with van der Waals surface area (Å²) in [6.45, 7) is 0. The molecule has 0 aromatic heterocycles. The van der Waals surface area contributed by atoms with Gasteiger partial charge in [0, 0.05) is 5.92 Å². The fourth-order valence-electron chi connectivity index (χ4n) is 3.31. The van der Waals surface area contributed by atoms with E-state index < -0.39 is 0 Å². The first kappa shape index (κ1) is 13.8. The van der Waals surface area contributed by atoms with Crippen LogP contribution in [-0.2, 0) is 0 Å². The second-order valence-corrected chi connectivity index (χ2v) is 5.81. The van der Waals surface area contributed by atoms with Gasteiger partial charge in [0.05, 0.1) is 0 Å². The third-order valence-corrected chi connectivity index (χ3v) is 4.38. The molecule has 0 radical (unpaired) electrons. The van der Waals surface area contributed by atoms with Crippen molar-refractivity contribution in [3.63, 3.8) is 0 Å². The van der Waals surface area contributed by atoms with Gasteiger partial charge in [0.1, 0.15) is 0 Å². The molecule has 110 valence electrons. The van der Waals surface area contributed by atoms with E-state index in [4.69, 9.17) is 0 Å². The average Bonchev–Trinajstić information content (AvgIpc) is 3.09. The molecular formula is C23H18. The van der Waals surface area contributed by atoms with E-state index in [1.54, 1.807) is 0 Å². The lowest BCUT2D eigenvalue weighted by atomic mass is 9.86. The Balaban J connectivity index is 1.90. The topological polar surface area (TPSA) is 0 Å². The lowest BCUT2D eigenvalue weighted by Crippen LogP contribution is -1.98. The van der Waals surface area contributed by atoms with Gasteiger partial charge in [0.2, 0.25) is 0 Å². The molecule has 0 aliphatic heterocycles. The van der Waals surface area contributed by atoms with Crippen LogP contribution in [0.1, 0.15) is 22.6 Å². The second-order valence-electron chi connectivity index (χ2n) is 5.81. The highest BCUT2D eigenvalue weighted by Gasteiger charge is 2.23. The van der Waals surface area contributed by atoms with Crippen molar-refractivity contribution in [3.8, 4) is 0 Å². The van der Waals surface area contributed by atoms with Gasteiger partial charge in [0.15, 0.2) is 0 Å². The van der Waals surface area contributed by atoms with Gasteiger partial charge >= 0.3 is 0 Å². The highest BCUT2D eigenvalue weighted by molar-refractivity contribution is 6.01. The van der Waals surface area contributed by atoms with Crippen LogP contribution in [0.4, 0.5) is 0 Å². The van der Waals surface area contributed by atoms with Crippen LogP contribution in [0.2, 0.25) is 0 Å². The lowest BCUT2D eigenvalue weighted by Gasteiger charge is -2.17. The van der Waals surface area contributed by atoms with Gasteiger partial charge in [-0.2, -0.15) is 0 Å². The Morgan fingerprint density at radius 1 is 0.522 bits per heavy atom. The molecule has 0 nitrogen and oxygen atoms in total. The Labute approximate surface area is 137 Å². The van der Waals surface area contributed by atoms with Crippen LogP contribution in [0.15, 0.2) is 103 Å². The molecule has 0 heterocycles. The third-order valence-electron chi connectivity index (χ3n) is 4.38. The maximum Gasteiger partial charge on any atom is 0.0284 e. The zero-order chi connectivity index (χ0) is 15.5. The summed E-state index contributed by atoms with van der Waals surface area (Å²) in [6.07, 6.45) is 4.59. The molecule has 0 saturated carbocycles. The average molecular weight is 294 g/mol. The van der Waals surface area contributed by atoms with Crippen LogP contribution in [0, 0.1) is 0 Å². The molecule has 0 bridgehead atoms. The van der Waals surface area contributed by atoms with Crippen molar-refractivity contribution in [2.45, 2.75) is 5.92 Å². The predicted molar refractivity (Wildman–Crippen MR) is 98.0 cm³/mol. The van der Waals surface area contributed by atoms with Gasteiger partial charge in [0.25, 0.3) is 0 Å². The van der Waals surface area contributed by atoms with Gasteiger partial charge in [-0.1, -0.05) is 103 Å². The van der Waals surface area contributed by atoms with Crippen molar-refractivity contribution in [1.29, 1.82) is 0 Å². The van der Waals surface area contributed by atoms with E-state index in [1.165, 1.54) is 27.8 Å². The molecule has 0 heteroatoms. The van der Waals surface area contributed by atoms with Gasteiger partial charge in [-0.25, -0.2) is 0 Å². The van der Waals surface area contributed by atoms with Crippen LogP contribution < -0.4 is 0 Å². The van der Waals surface area contributed by atoms with Crippen LogP contribution in [-0.4, -0.2) is 0 Å². The van der Waals surface area contributed by atoms with Crippen molar-refractivity contribution in [1.82, 2.24) is 0 Å². The van der Waals surface area contributed by atoms with Gasteiger partial charge in [-0.3, -0.25) is 0 Å². The zero-order valence-corrected chi connectivity index (χ0v) is 12.9. The van der Waals surface area contributed by atoms with E-state index in [0.717, 1.165) is 0 Å². The molecule has 3 aromatic carbocycles. The minimum absolute atomic E-state index is 0.314. The minimum Gasteiger partial charge on any atom is -0.0720 e. The Morgan fingerprint density at radius 3 is 1.65 bits per heavy atom. The number of hydrogen-bond acceptors (Lipinski definition) is 0. The Bertz CT molecular complexity index is 840. The Hall–Kier alpha value is -2.86. The predicted octanol–water partition coefficient (Wildman–Crippen LogP) is 5.95. The molecule has 0 fully saturated rings. The molecule has 0 N–H and O–H groups in total. The first-order valence-electron chi connectivity index (χ1n) is 8.01. The van der Waals surface area contributed by atoms with E-state index in [9.17, 15) is 0 Å². The van der Waals surface area contributed by atoms with Crippen LogP contribution in [0.25, 0.3) is 11.1 Å². The van der Waals surface area contributed by atoms with Crippen LogP contribution in [0.5, 0.6) is 0 Å². The summed E-state index contributed by atoms with van der Waals surface area (Å²) in [7, 11) is 0. The molecule has 1 aliphatic rings. The van der Waals surface area contributed by atoms with Crippen LogP contribution >= 0.6 is 0 Å². The molecule has 0 saturated heterocycles. The molecule has 1 aliphatic carbocycles. The maximum absolute atomic E-state index is 2.32. The molecular weight excluding hydrogens is 276 g/mol. The SMILES string of the molecule is C1=C[C@H](c2ccccc2)C(c2ccccc2)=C1c1ccccc1. The summed E-state index contributed by atoms with van der Waals surface area (Å²) in [4.78, 5) is 0. The Morgan fingerprint density at radius 2 is 1.04 bits per heavy atom. The van der Waals surface area contributed by atoms with Crippen molar-refractivity contribution in [2.75, 3.05) is 0 Å². The quantitative estimate of drug-likeness (QED) is 0.560. The smallest absolute Gasteiger partial charge is 0.0284 e. The Kier molecular flexibility index (Phi) is 3.65. The first-order chi connectivity index (χ1) is 11.4. The monoisotopic (exact) mass is 294 g/mol. The highest BCUT2D eigenvalue weighted by Crippen LogP contribution is 2.44. The number of allylic oxidation sites excluding steroid dienone is 4. The fraction of sp³-hybridized carbons (Fsp3) is 0.0435. The van der Waals surface area contributed by atoms with Crippen molar-refractivity contribution >= 4 is 11.1 Å². The molecule has 23 heavy (non-hydrogen) atoms. The summed E-state index contributed by atoms with van der Waals surface area (Å²) in [5.74, 6) is 0.314. The zero-order valence-electron chi connectivity index (χ0n) is 12.9. The number of hydrogen-bond donors (Lipinski definition) is 0. The van der Waals surface area contributed by atoms with Crippen molar-refractivity contribution in [3.05, 3.63) is 120 Å². The summed E-state index contributed by atoms with van der Waals surface area (Å²) in [5.41, 5.74) is 6.63. The summed E-state index contributed by atoms with van der Waals surface area (Å²) in [6, 6.07) is 32.1. The third kappa shape index (κ3) is 2.64. The molecule has 1 atom stereocenters. The molecule has 0 unspecified atom stereocenters. The van der Waals surface area contributed by atoms with E-state index >= 15 is 0 Å². The highest BCUT2D eigenvalue weighted by atomic mass is 14.3. The molecule has 0 spiro atoms. The second kappa shape index (κ2) is 6.10. The van der Waals surface area contributed by atoms with Crippen molar-refractivity contribution < 1.29 is 0 Å². The number of benzene rings is 3. The van der Waals surface area contributed by atoms with Gasteiger partial charge < -0.3 is 0 Å². The normalized spacial score (nSPS) is 16.8. The summed E-state index contributed by atoms with van der Waals surface area (Å²) in [5, 5.41) is 0. The van der Waals surface area contributed by atoms with E-state index in [0.29, 0.717) is 5.92 Å². The van der Waals surface area contributed by atoms with Crippen molar-refractivity contribution in [2.24, 2.45) is 0 Å². The first-order valence-corrected chi connectivity index (χ1v) is 8.01. The molecule has 4 rings (SSSR count). The largest absolute Gasteiger partial charge is 0.0720 e. The molecule has 0 amide bonds. The van der Waals surface area contributed by atoms with Crippen LogP contribution in [0.3, 0.4) is 0 Å². The van der Waals surface area contributed by atoms with E-state index in [-0.39, 0.29) is 0 Å². The summed E-state index contributed by atoms with van der Waals surface area (Å²) >= 11 is 0. The standard InChI is InChI=1S/C23H18/c1-4-10-18(11-5-1)21-16-17-22(19-12-6-2-7-13-19)23(21)20-14-8-3-9-15-20/h1-17,21H/t21-/m1/s1. The maximum atomic E-state index is 2.32. The lowest BCUT2D eigenvalue weighted by molar-refractivity contribution is 1.12. The van der Waals surface area contributed by atoms with Gasteiger partial charge in [-0.05, 0) is 27.8 Å². The summed E-state index contributed by atoms with van der Waals surface area (Å²) < 4.78 is 0. The fourth-order valence-corrected chi connectivity index (χ4v) is 3.31. The molecule has 3 aromatic rings. The number of rotatable bonds is 3. The van der Waals surface area contributed by atoms with E-state index in [1.807, 2.05) is 0 Å². The van der Waals surface area contributed by atoms with Gasteiger partial charge in [-0.15, -0.1) is 0 Å².